The minimum atomic E-state index is -3.72. The number of hydrogen-bond acceptors (Lipinski definition) is 4. The molecule has 0 aromatic heterocycles. The third-order valence-corrected chi connectivity index (χ3v) is 7.47. The molecule has 6 nitrogen and oxygen atoms in total. The molecule has 1 heterocycles. The fraction of sp³-hybridized carbons (Fsp3) is 0.480. The van der Waals surface area contributed by atoms with Crippen molar-refractivity contribution < 1.29 is 22.0 Å². The van der Waals surface area contributed by atoms with Crippen LogP contribution in [0.5, 0.6) is 0 Å². The molecule has 2 aromatic carbocycles. The van der Waals surface area contributed by atoms with Crippen LogP contribution >= 0.6 is 0 Å². The second-order valence-corrected chi connectivity index (χ2v) is 11.0. The monoisotopic (exact) mass is 493 g/mol. The van der Waals surface area contributed by atoms with E-state index in [0.717, 1.165) is 47.3 Å². The van der Waals surface area contributed by atoms with Crippen molar-refractivity contribution in [2.24, 2.45) is 5.92 Å². The zero-order valence-corrected chi connectivity index (χ0v) is 20.7. The Balaban J connectivity index is 1.52. The first-order valence-electron chi connectivity index (χ1n) is 11.6. The van der Waals surface area contributed by atoms with Crippen LogP contribution in [0.15, 0.2) is 42.5 Å². The largest absolute Gasteiger partial charge is 0.372 e. The number of benzene rings is 2. The summed E-state index contributed by atoms with van der Waals surface area (Å²) in [5.41, 5.74) is 2.20. The van der Waals surface area contributed by atoms with Crippen LogP contribution in [-0.2, 0) is 14.8 Å². The second kappa shape index (κ2) is 11.2. The number of carbonyl (C=O) groups is 1. The third-order valence-electron chi connectivity index (χ3n) is 6.28. The van der Waals surface area contributed by atoms with Crippen LogP contribution < -0.4 is 14.5 Å². The van der Waals surface area contributed by atoms with Crippen molar-refractivity contribution in [2.45, 2.75) is 45.6 Å². The minimum Gasteiger partial charge on any atom is -0.372 e. The highest BCUT2D eigenvalue weighted by atomic mass is 32.2. The van der Waals surface area contributed by atoms with Crippen LogP contribution in [0, 0.1) is 17.6 Å². The van der Waals surface area contributed by atoms with E-state index in [1.165, 1.54) is 24.6 Å². The number of sulfonamides is 1. The van der Waals surface area contributed by atoms with Gasteiger partial charge in [0.15, 0.2) is 11.6 Å². The fourth-order valence-corrected chi connectivity index (χ4v) is 5.10. The molecule has 3 rings (SSSR count). The Morgan fingerprint density at radius 1 is 1.12 bits per heavy atom. The fourth-order valence-electron chi connectivity index (χ4n) is 4.15. The van der Waals surface area contributed by atoms with Gasteiger partial charge in [0.25, 0.3) is 0 Å². The number of amides is 1. The van der Waals surface area contributed by atoms with E-state index in [2.05, 4.69) is 29.3 Å². The second-order valence-electron chi connectivity index (χ2n) is 9.09. The maximum absolute atomic E-state index is 13.6. The number of halogens is 2. The molecule has 1 aliphatic rings. The van der Waals surface area contributed by atoms with Gasteiger partial charge in [-0.05, 0) is 61.9 Å². The van der Waals surface area contributed by atoms with Gasteiger partial charge in [0.05, 0.1) is 18.0 Å². The molecule has 1 atom stereocenters. The zero-order chi connectivity index (χ0) is 24.9. The number of carbonyl (C=O) groups excluding carboxylic acids is 1. The average molecular weight is 494 g/mol. The van der Waals surface area contributed by atoms with Gasteiger partial charge in [0.2, 0.25) is 15.9 Å². The Bertz CT molecular complexity index is 1090. The molecule has 186 valence electrons. The number of rotatable bonds is 9. The van der Waals surface area contributed by atoms with Crippen molar-refractivity contribution in [1.29, 1.82) is 0 Å². The summed E-state index contributed by atoms with van der Waals surface area (Å²) in [6.45, 7) is 6.28. The van der Waals surface area contributed by atoms with E-state index < -0.39 is 21.7 Å². The Labute approximate surface area is 201 Å². The van der Waals surface area contributed by atoms with Crippen LogP contribution in [0.4, 0.5) is 20.2 Å². The molecule has 0 spiro atoms. The number of nitrogens with one attached hydrogen (secondary N) is 1. The maximum Gasteiger partial charge on any atom is 0.232 e. The lowest BCUT2D eigenvalue weighted by Crippen LogP contribution is -2.33. The minimum absolute atomic E-state index is 0.0190. The lowest BCUT2D eigenvalue weighted by atomic mass is 9.98. The van der Waals surface area contributed by atoms with Gasteiger partial charge >= 0.3 is 0 Å². The molecule has 1 fully saturated rings. The van der Waals surface area contributed by atoms with Gasteiger partial charge in [-0.25, -0.2) is 17.2 Å². The van der Waals surface area contributed by atoms with Crippen molar-refractivity contribution in [1.82, 2.24) is 5.32 Å². The van der Waals surface area contributed by atoms with E-state index in [1.54, 1.807) is 0 Å². The van der Waals surface area contributed by atoms with Gasteiger partial charge in [-0.3, -0.25) is 9.10 Å². The van der Waals surface area contributed by atoms with Crippen LogP contribution in [-0.4, -0.2) is 40.2 Å². The Kier molecular flexibility index (Phi) is 8.52. The Hall–Kier alpha value is -2.68. The van der Waals surface area contributed by atoms with Crippen molar-refractivity contribution in [3.63, 3.8) is 0 Å². The Morgan fingerprint density at radius 2 is 1.76 bits per heavy atom. The highest BCUT2D eigenvalue weighted by Gasteiger charge is 2.20. The number of hydrogen-bond donors (Lipinski definition) is 1. The molecule has 0 aliphatic carbocycles. The zero-order valence-electron chi connectivity index (χ0n) is 19.9. The lowest BCUT2D eigenvalue weighted by molar-refractivity contribution is -0.121. The van der Waals surface area contributed by atoms with Crippen LogP contribution in [0.2, 0.25) is 0 Å². The summed E-state index contributed by atoms with van der Waals surface area (Å²) in [5.74, 6) is -1.62. The predicted molar refractivity (Wildman–Crippen MR) is 131 cm³/mol. The molecular weight excluding hydrogens is 460 g/mol. The molecule has 1 unspecified atom stereocenters. The molecule has 2 aromatic rings. The molecule has 0 saturated carbocycles. The number of anilines is 2. The van der Waals surface area contributed by atoms with Gasteiger partial charge in [0.1, 0.15) is 0 Å². The van der Waals surface area contributed by atoms with E-state index in [9.17, 15) is 22.0 Å². The molecule has 1 saturated heterocycles. The molecule has 0 radical (unpaired) electrons. The summed E-state index contributed by atoms with van der Waals surface area (Å²) in [6.07, 6.45) is 3.72. The summed E-state index contributed by atoms with van der Waals surface area (Å²) in [5, 5.41) is 2.94. The summed E-state index contributed by atoms with van der Waals surface area (Å²) in [4.78, 5) is 14.8. The van der Waals surface area contributed by atoms with Crippen LogP contribution in [0.3, 0.4) is 0 Å². The van der Waals surface area contributed by atoms with Crippen molar-refractivity contribution in [3.8, 4) is 0 Å². The standard InChI is InChI=1S/C25H33F2N3O3S/c1-18-12-15-29(16-13-18)21-8-6-20(7-9-21)19(2)28-25(31)5-4-14-30(34(3,32)33)22-10-11-23(26)24(27)17-22/h6-11,17-19H,4-5,12-16H2,1-3H3,(H,28,31). The van der Waals surface area contributed by atoms with Crippen molar-refractivity contribution in [3.05, 3.63) is 59.7 Å². The first kappa shape index (κ1) is 25.9. The van der Waals surface area contributed by atoms with E-state index in [-0.39, 0.29) is 37.0 Å². The average Bonchev–Trinajstić information content (AvgIpc) is 2.78. The van der Waals surface area contributed by atoms with E-state index in [4.69, 9.17) is 0 Å². The SMILES string of the molecule is CC1CCN(c2ccc(C(C)NC(=O)CCCN(c3ccc(F)c(F)c3)S(C)(=O)=O)cc2)CC1. The molecular formula is C25H33F2N3O3S. The van der Waals surface area contributed by atoms with Gasteiger partial charge in [-0.15, -0.1) is 0 Å². The topological polar surface area (TPSA) is 69.7 Å². The van der Waals surface area contributed by atoms with Gasteiger partial charge < -0.3 is 10.2 Å². The van der Waals surface area contributed by atoms with Gasteiger partial charge in [0, 0.05) is 37.8 Å². The van der Waals surface area contributed by atoms with E-state index in [0.29, 0.717) is 0 Å². The summed E-state index contributed by atoms with van der Waals surface area (Å²) >= 11 is 0. The number of nitrogens with zero attached hydrogens (tertiary/aromatic N) is 2. The summed E-state index contributed by atoms with van der Waals surface area (Å²) in [7, 11) is -3.72. The van der Waals surface area contributed by atoms with E-state index >= 15 is 0 Å². The van der Waals surface area contributed by atoms with Crippen molar-refractivity contribution in [2.75, 3.05) is 35.1 Å². The lowest BCUT2D eigenvalue weighted by Gasteiger charge is -2.32. The summed E-state index contributed by atoms with van der Waals surface area (Å²) < 4.78 is 52.0. The Morgan fingerprint density at radius 3 is 2.35 bits per heavy atom. The smallest absolute Gasteiger partial charge is 0.232 e. The number of piperidine rings is 1. The molecule has 0 bridgehead atoms. The molecule has 34 heavy (non-hydrogen) atoms. The van der Waals surface area contributed by atoms with Gasteiger partial charge in [-0.1, -0.05) is 19.1 Å². The normalized spacial score (nSPS) is 15.7. The molecule has 1 N–H and O–H groups in total. The van der Waals surface area contributed by atoms with Crippen molar-refractivity contribution >= 4 is 27.3 Å². The quantitative estimate of drug-likeness (QED) is 0.553. The maximum atomic E-state index is 13.6. The van der Waals surface area contributed by atoms with Crippen LogP contribution in [0.25, 0.3) is 0 Å². The van der Waals surface area contributed by atoms with Gasteiger partial charge in [-0.2, -0.15) is 0 Å². The van der Waals surface area contributed by atoms with E-state index in [1.807, 2.05) is 19.1 Å². The molecule has 9 heteroatoms. The summed E-state index contributed by atoms with van der Waals surface area (Å²) in [6, 6.07) is 10.9. The highest BCUT2D eigenvalue weighted by molar-refractivity contribution is 7.92. The first-order chi connectivity index (χ1) is 16.0. The third kappa shape index (κ3) is 6.91. The molecule has 1 aliphatic heterocycles. The first-order valence-corrected chi connectivity index (χ1v) is 13.5. The highest BCUT2D eigenvalue weighted by Crippen LogP contribution is 2.25. The van der Waals surface area contributed by atoms with Crippen LogP contribution in [0.1, 0.15) is 51.1 Å². The predicted octanol–water partition coefficient (Wildman–Crippen LogP) is 4.62. The molecule has 1 amide bonds.